The maximum Gasteiger partial charge on any atom is 0.306 e. The van der Waals surface area contributed by atoms with E-state index in [4.69, 9.17) is 14.2 Å². The van der Waals surface area contributed by atoms with E-state index in [0.717, 1.165) is 109 Å². The number of ether oxygens (including phenoxy) is 3. The molecule has 1 atom stereocenters. The molecule has 6 heteroatoms. The number of unbranched alkanes of at least 4 members (excludes halogenated alkanes) is 29. The molecule has 0 spiro atoms. The first-order valence-electron chi connectivity index (χ1n) is 31.2. The van der Waals surface area contributed by atoms with Gasteiger partial charge in [0.25, 0.3) is 0 Å². The Morgan fingerprint density at radius 2 is 0.527 bits per heavy atom. The molecule has 0 aromatic rings. The van der Waals surface area contributed by atoms with Gasteiger partial charge in [-0.3, -0.25) is 14.4 Å². The molecule has 0 heterocycles. The lowest BCUT2D eigenvalue weighted by Gasteiger charge is -2.18. The second-order valence-electron chi connectivity index (χ2n) is 20.6. The van der Waals surface area contributed by atoms with Gasteiger partial charge < -0.3 is 14.2 Å². The lowest BCUT2D eigenvalue weighted by atomic mass is 10.0. The van der Waals surface area contributed by atoms with Gasteiger partial charge in [-0.05, 0) is 103 Å². The highest BCUT2D eigenvalue weighted by atomic mass is 16.6. The molecule has 0 bridgehead atoms. The van der Waals surface area contributed by atoms with Gasteiger partial charge in [0, 0.05) is 19.3 Å². The van der Waals surface area contributed by atoms with E-state index in [0.29, 0.717) is 19.3 Å². The Morgan fingerprint density at radius 3 is 0.851 bits per heavy atom. The molecular weight excluding hydrogens is 913 g/mol. The summed E-state index contributed by atoms with van der Waals surface area (Å²) in [5.74, 6) is -0.917. The molecule has 0 rings (SSSR count). The Balaban J connectivity index is 4.41. The maximum absolute atomic E-state index is 12.9. The molecule has 0 saturated heterocycles. The number of carbonyl (C=O) groups excluding carboxylic acids is 3. The number of allylic oxidation sites excluding steroid dienone is 16. The summed E-state index contributed by atoms with van der Waals surface area (Å²) in [5, 5.41) is 0. The van der Waals surface area contributed by atoms with Crippen molar-refractivity contribution >= 4 is 17.9 Å². The quantitative estimate of drug-likeness (QED) is 0.0261. The van der Waals surface area contributed by atoms with Gasteiger partial charge in [-0.2, -0.15) is 0 Å². The summed E-state index contributed by atoms with van der Waals surface area (Å²) in [6.45, 7) is 6.51. The van der Waals surface area contributed by atoms with Crippen molar-refractivity contribution in [2.24, 2.45) is 0 Å². The number of carbonyl (C=O) groups is 3. The van der Waals surface area contributed by atoms with Crippen LogP contribution in [0, 0.1) is 0 Å². The fourth-order valence-electron chi connectivity index (χ4n) is 8.65. The number of hydrogen-bond donors (Lipinski definition) is 0. The van der Waals surface area contributed by atoms with Gasteiger partial charge in [0.1, 0.15) is 13.2 Å². The molecule has 424 valence electrons. The van der Waals surface area contributed by atoms with Crippen LogP contribution in [0.3, 0.4) is 0 Å². The van der Waals surface area contributed by atoms with Gasteiger partial charge in [-0.1, -0.05) is 272 Å². The van der Waals surface area contributed by atoms with E-state index in [9.17, 15) is 14.4 Å². The fourth-order valence-corrected chi connectivity index (χ4v) is 8.65. The number of rotatable bonds is 56. The van der Waals surface area contributed by atoms with Crippen LogP contribution in [0.4, 0.5) is 0 Å². The molecule has 0 amide bonds. The van der Waals surface area contributed by atoms with Crippen molar-refractivity contribution in [2.75, 3.05) is 13.2 Å². The molecule has 0 aromatic heterocycles. The van der Waals surface area contributed by atoms with Crippen molar-refractivity contribution in [3.63, 3.8) is 0 Å². The van der Waals surface area contributed by atoms with Crippen molar-refractivity contribution in [3.8, 4) is 0 Å². The molecule has 74 heavy (non-hydrogen) atoms. The zero-order chi connectivity index (χ0) is 53.6. The standard InChI is InChI=1S/C68H116O6/c1-4-7-10-13-16-19-22-25-27-29-31-32-33-34-35-36-37-39-40-43-46-49-52-55-58-61-67(70)73-64-65(63-72-66(69)60-57-54-51-48-45-42-24-21-18-15-12-9-6-3)74-68(71)62-59-56-53-50-47-44-41-38-30-28-26-23-20-17-14-11-8-5-2/h7,10,16,19,25,27-28,30-32,34-35,37,39,43,46,65H,4-6,8-9,11-15,17-18,20-24,26,29,33,36,38,40-42,44-45,47-64H2,1-3H3/b10-7-,19-16-,27-25-,30-28-,32-31-,35-34-,39-37-,46-43-. The largest absolute Gasteiger partial charge is 0.462 e. The lowest BCUT2D eigenvalue weighted by molar-refractivity contribution is -0.167. The summed E-state index contributed by atoms with van der Waals surface area (Å²) < 4.78 is 16.9. The molecule has 0 fully saturated rings. The second-order valence-corrected chi connectivity index (χ2v) is 20.6. The smallest absolute Gasteiger partial charge is 0.306 e. The van der Waals surface area contributed by atoms with E-state index < -0.39 is 6.10 Å². The fraction of sp³-hybridized carbons (Fsp3) is 0.721. The van der Waals surface area contributed by atoms with Crippen LogP contribution in [0.2, 0.25) is 0 Å². The maximum atomic E-state index is 12.9. The molecule has 1 unspecified atom stereocenters. The van der Waals surface area contributed by atoms with Crippen molar-refractivity contribution in [2.45, 2.75) is 303 Å². The van der Waals surface area contributed by atoms with Crippen LogP contribution in [0.5, 0.6) is 0 Å². The van der Waals surface area contributed by atoms with E-state index in [1.54, 1.807) is 0 Å². The minimum Gasteiger partial charge on any atom is -0.462 e. The normalized spacial score (nSPS) is 12.7. The predicted octanol–water partition coefficient (Wildman–Crippen LogP) is 21.3. The van der Waals surface area contributed by atoms with E-state index in [1.165, 1.54) is 148 Å². The average molecular weight is 1030 g/mol. The highest BCUT2D eigenvalue weighted by Crippen LogP contribution is 2.16. The Hall–Kier alpha value is -3.67. The minimum atomic E-state index is -0.794. The first-order valence-corrected chi connectivity index (χ1v) is 31.2. The zero-order valence-electron chi connectivity index (χ0n) is 48.6. The summed E-state index contributed by atoms with van der Waals surface area (Å²) in [5.41, 5.74) is 0. The summed E-state index contributed by atoms with van der Waals surface area (Å²) in [4.78, 5) is 38.3. The minimum absolute atomic E-state index is 0.0878. The highest BCUT2D eigenvalue weighted by molar-refractivity contribution is 5.71. The second kappa shape index (κ2) is 61.9. The predicted molar refractivity (Wildman–Crippen MR) is 320 cm³/mol. The number of esters is 3. The summed E-state index contributed by atoms with van der Waals surface area (Å²) >= 11 is 0. The number of hydrogen-bond acceptors (Lipinski definition) is 6. The molecule has 0 aliphatic heterocycles. The molecule has 0 saturated carbocycles. The third-order valence-corrected chi connectivity index (χ3v) is 13.3. The van der Waals surface area contributed by atoms with Crippen LogP contribution >= 0.6 is 0 Å². The van der Waals surface area contributed by atoms with Gasteiger partial charge >= 0.3 is 17.9 Å². The van der Waals surface area contributed by atoms with Crippen molar-refractivity contribution < 1.29 is 28.6 Å². The van der Waals surface area contributed by atoms with Crippen LogP contribution in [0.25, 0.3) is 0 Å². The van der Waals surface area contributed by atoms with Crippen molar-refractivity contribution in [1.29, 1.82) is 0 Å². The molecule has 0 N–H and O–H groups in total. The van der Waals surface area contributed by atoms with Crippen LogP contribution in [-0.4, -0.2) is 37.2 Å². The Kier molecular flexibility index (Phi) is 58.8. The van der Waals surface area contributed by atoms with E-state index in [2.05, 4.69) is 118 Å². The van der Waals surface area contributed by atoms with Crippen LogP contribution in [-0.2, 0) is 28.6 Å². The Bertz CT molecular complexity index is 1460. The first-order chi connectivity index (χ1) is 36.5. The monoisotopic (exact) mass is 1030 g/mol. The lowest BCUT2D eigenvalue weighted by Crippen LogP contribution is -2.30. The van der Waals surface area contributed by atoms with Crippen molar-refractivity contribution in [1.82, 2.24) is 0 Å². The van der Waals surface area contributed by atoms with Crippen molar-refractivity contribution in [3.05, 3.63) is 97.2 Å². The van der Waals surface area contributed by atoms with E-state index in [1.807, 2.05) is 0 Å². The summed E-state index contributed by atoms with van der Waals surface area (Å²) in [6.07, 6.45) is 82.6. The van der Waals surface area contributed by atoms with Gasteiger partial charge in [0.15, 0.2) is 6.10 Å². The molecule has 0 aliphatic carbocycles. The molecular formula is C68H116O6. The molecule has 6 nitrogen and oxygen atoms in total. The van der Waals surface area contributed by atoms with Gasteiger partial charge in [0.05, 0.1) is 0 Å². The molecule has 0 radical (unpaired) electrons. The Labute approximate surface area is 457 Å². The van der Waals surface area contributed by atoms with E-state index >= 15 is 0 Å². The summed E-state index contributed by atoms with van der Waals surface area (Å²) in [6, 6.07) is 0. The van der Waals surface area contributed by atoms with Gasteiger partial charge in [-0.25, -0.2) is 0 Å². The SMILES string of the molecule is CC/C=C\C/C=C\C/C=C\C/C=C\C/C=C\C/C=C\C/C=C\CCCCCC(=O)OCC(COC(=O)CCCCCCCCCCCCCCC)OC(=O)CCCCCCCCC/C=C\CCCCCCCCC. The first kappa shape index (κ1) is 70.3. The van der Waals surface area contributed by atoms with Gasteiger partial charge in [0.2, 0.25) is 0 Å². The van der Waals surface area contributed by atoms with Crippen LogP contribution in [0.15, 0.2) is 97.2 Å². The third-order valence-electron chi connectivity index (χ3n) is 13.3. The van der Waals surface area contributed by atoms with Gasteiger partial charge in [-0.15, -0.1) is 0 Å². The average Bonchev–Trinajstić information content (AvgIpc) is 3.40. The molecule has 0 aliphatic rings. The summed E-state index contributed by atoms with van der Waals surface area (Å²) in [7, 11) is 0. The van der Waals surface area contributed by atoms with Crippen LogP contribution < -0.4 is 0 Å². The Morgan fingerprint density at radius 1 is 0.284 bits per heavy atom. The van der Waals surface area contributed by atoms with E-state index in [-0.39, 0.29) is 31.1 Å². The van der Waals surface area contributed by atoms with Crippen LogP contribution in [0.1, 0.15) is 297 Å². The topological polar surface area (TPSA) is 78.9 Å². The molecule has 0 aromatic carbocycles. The third kappa shape index (κ3) is 59.2. The highest BCUT2D eigenvalue weighted by Gasteiger charge is 2.19. The zero-order valence-corrected chi connectivity index (χ0v) is 48.6.